The summed E-state index contributed by atoms with van der Waals surface area (Å²) in [5.41, 5.74) is 0.224. The second kappa shape index (κ2) is 8.58. The molecule has 0 aliphatic carbocycles. The quantitative estimate of drug-likeness (QED) is 0.569. The molecular formula is C19H17ClFNO4. The van der Waals surface area contributed by atoms with E-state index in [1.807, 2.05) is 0 Å². The van der Waals surface area contributed by atoms with E-state index < -0.39 is 17.6 Å². The van der Waals surface area contributed by atoms with Crippen LogP contribution in [0.4, 0.5) is 10.1 Å². The Morgan fingerprint density at radius 1 is 1.08 bits per heavy atom. The molecule has 0 saturated carbocycles. The first kappa shape index (κ1) is 19.6. The number of ketones is 1. The van der Waals surface area contributed by atoms with Crippen LogP contribution in [-0.2, 0) is 14.3 Å². The maximum absolute atomic E-state index is 14.0. The van der Waals surface area contributed by atoms with Gasteiger partial charge >= 0.3 is 5.97 Å². The first-order chi connectivity index (χ1) is 12.3. The number of hydrogen-bond donors (Lipinski definition) is 0. The second-order valence-electron chi connectivity index (χ2n) is 5.48. The molecule has 2 aromatic rings. The number of esters is 1. The summed E-state index contributed by atoms with van der Waals surface area (Å²) in [4.78, 5) is 37.1. The minimum atomic E-state index is -0.669. The van der Waals surface area contributed by atoms with Crippen LogP contribution in [0, 0.1) is 5.82 Å². The third-order valence-electron chi connectivity index (χ3n) is 3.61. The van der Waals surface area contributed by atoms with Crippen LogP contribution in [-0.4, -0.2) is 30.8 Å². The Morgan fingerprint density at radius 3 is 2.38 bits per heavy atom. The molecule has 1 amide bonds. The van der Waals surface area contributed by atoms with Gasteiger partial charge in [0.25, 0.3) is 0 Å². The molecule has 0 N–H and O–H groups in total. The van der Waals surface area contributed by atoms with Gasteiger partial charge in [-0.2, -0.15) is 0 Å². The molecular weight excluding hydrogens is 361 g/mol. The van der Waals surface area contributed by atoms with Crippen LogP contribution in [0.3, 0.4) is 0 Å². The van der Waals surface area contributed by atoms with Gasteiger partial charge in [0, 0.05) is 24.4 Å². The van der Waals surface area contributed by atoms with Crippen molar-refractivity contribution in [3.8, 4) is 0 Å². The van der Waals surface area contributed by atoms with Crippen molar-refractivity contribution in [2.24, 2.45) is 0 Å². The highest BCUT2D eigenvalue weighted by atomic mass is 35.5. The van der Waals surface area contributed by atoms with Gasteiger partial charge in [-0.25, -0.2) is 4.39 Å². The fraction of sp³-hybridized carbons (Fsp3) is 0.211. The van der Waals surface area contributed by atoms with Crippen LogP contribution >= 0.6 is 11.6 Å². The fourth-order valence-corrected chi connectivity index (χ4v) is 2.62. The third-order valence-corrected chi connectivity index (χ3v) is 3.85. The summed E-state index contributed by atoms with van der Waals surface area (Å²) >= 11 is 6.00. The molecule has 26 heavy (non-hydrogen) atoms. The van der Waals surface area contributed by atoms with E-state index in [-0.39, 0.29) is 40.9 Å². The standard InChI is InChI=1S/C19H17ClFNO4/c1-12(23)22(9-10-26-13(2)24)18-8-7-14(20)11-16(18)19(25)15-5-3-4-6-17(15)21/h3-8,11H,9-10H2,1-2H3. The predicted octanol–water partition coefficient (Wildman–Crippen LogP) is 3.63. The number of benzene rings is 2. The van der Waals surface area contributed by atoms with E-state index in [0.717, 1.165) is 0 Å². The summed E-state index contributed by atoms with van der Waals surface area (Å²) in [5.74, 6) is -2.11. The number of ether oxygens (including phenoxy) is 1. The van der Waals surface area contributed by atoms with Crippen LogP contribution in [0.15, 0.2) is 42.5 Å². The largest absolute Gasteiger partial charge is 0.464 e. The molecule has 0 heterocycles. The third kappa shape index (κ3) is 4.67. The lowest BCUT2D eigenvalue weighted by Gasteiger charge is -2.23. The van der Waals surface area contributed by atoms with Crippen molar-refractivity contribution in [1.82, 2.24) is 0 Å². The molecule has 0 spiro atoms. The maximum atomic E-state index is 14.0. The first-order valence-electron chi connectivity index (χ1n) is 7.81. The number of carbonyl (C=O) groups excluding carboxylic acids is 3. The SMILES string of the molecule is CC(=O)OCCN(C(C)=O)c1ccc(Cl)cc1C(=O)c1ccccc1F. The average molecular weight is 378 g/mol. The van der Waals surface area contributed by atoms with Gasteiger partial charge in [0.05, 0.1) is 17.8 Å². The van der Waals surface area contributed by atoms with Gasteiger partial charge in [0.2, 0.25) is 5.91 Å². The number of rotatable bonds is 6. The van der Waals surface area contributed by atoms with Gasteiger partial charge < -0.3 is 9.64 Å². The van der Waals surface area contributed by atoms with E-state index in [4.69, 9.17) is 16.3 Å². The van der Waals surface area contributed by atoms with E-state index in [0.29, 0.717) is 0 Å². The Hall–Kier alpha value is -2.73. The summed E-state index contributed by atoms with van der Waals surface area (Å²) < 4.78 is 18.9. The molecule has 0 saturated heterocycles. The highest BCUT2D eigenvalue weighted by Gasteiger charge is 2.22. The van der Waals surface area contributed by atoms with Crippen LogP contribution < -0.4 is 4.90 Å². The first-order valence-corrected chi connectivity index (χ1v) is 8.19. The smallest absolute Gasteiger partial charge is 0.302 e. The van der Waals surface area contributed by atoms with Gasteiger partial charge in [0.15, 0.2) is 5.78 Å². The van der Waals surface area contributed by atoms with E-state index in [2.05, 4.69) is 0 Å². The topological polar surface area (TPSA) is 63.7 Å². The minimum Gasteiger partial charge on any atom is -0.464 e. The van der Waals surface area contributed by atoms with Gasteiger partial charge in [-0.3, -0.25) is 14.4 Å². The number of nitrogens with zero attached hydrogens (tertiary/aromatic N) is 1. The normalized spacial score (nSPS) is 10.3. The van der Waals surface area contributed by atoms with Crippen molar-refractivity contribution in [3.63, 3.8) is 0 Å². The van der Waals surface area contributed by atoms with Gasteiger partial charge in [0.1, 0.15) is 12.4 Å². The van der Waals surface area contributed by atoms with Gasteiger partial charge in [-0.1, -0.05) is 23.7 Å². The summed E-state index contributed by atoms with van der Waals surface area (Å²) in [6.45, 7) is 2.59. The molecule has 2 rings (SSSR count). The zero-order valence-electron chi connectivity index (χ0n) is 14.3. The molecule has 7 heteroatoms. The molecule has 0 aromatic heterocycles. The second-order valence-corrected chi connectivity index (χ2v) is 5.92. The van der Waals surface area contributed by atoms with E-state index in [1.165, 1.54) is 55.1 Å². The van der Waals surface area contributed by atoms with Crippen LogP contribution in [0.25, 0.3) is 0 Å². The summed E-state index contributed by atoms with van der Waals surface area (Å²) in [6.07, 6.45) is 0. The lowest BCUT2D eigenvalue weighted by Crippen LogP contribution is -2.33. The Morgan fingerprint density at radius 2 is 1.77 bits per heavy atom. The Balaban J connectivity index is 2.45. The highest BCUT2D eigenvalue weighted by Crippen LogP contribution is 2.28. The van der Waals surface area contributed by atoms with E-state index >= 15 is 0 Å². The number of hydrogen-bond acceptors (Lipinski definition) is 4. The molecule has 2 aromatic carbocycles. The van der Waals surface area contributed by atoms with Crippen LogP contribution in [0.1, 0.15) is 29.8 Å². The molecule has 0 unspecified atom stereocenters. The zero-order chi connectivity index (χ0) is 19.3. The van der Waals surface area contributed by atoms with Crippen molar-refractivity contribution < 1.29 is 23.5 Å². The molecule has 0 aliphatic heterocycles. The van der Waals surface area contributed by atoms with Crippen molar-refractivity contribution >= 4 is 34.9 Å². The van der Waals surface area contributed by atoms with Crippen molar-refractivity contribution in [2.45, 2.75) is 13.8 Å². The lowest BCUT2D eigenvalue weighted by atomic mass is 10.0. The molecule has 0 bridgehead atoms. The van der Waals surface area contributed by atoms with Crippen molar-refractivity contribution in [2.75, 3.05) is 18.1 Å². The summed E-state index contributed by atoms with van der Waals surface area (Å²) in [7, 11) is 0. The van der Waals surface area contributed by atoms with E-state index in [9.17, 15) is 18.8 Å². The highest BCUT2D eigenvalue weighted by molar-refractivity contribution is 6.31. The maximum Gasteiger partial charge on any atom is 0.302 e. The van der Waals surface area contributed by atoms with E-state index in [1.54, 1.807) is 6.07 Å². The summed E-state index contributed by atoms with van der Waals surface area (Å²) in [5, 5.41) is 0.275. The fourth-order valence-electron chi connectivity index (χ4n) is 2.44. The molecule has 0 fully saturated rings. The Labute approximate surface area is 155 Å². The number of anilines is 1. The lowest BCUT2D eigenvalue weighted by molar-refractivity contribution is -0.140. The number of carbonyl (C=O) groups is 3. The van der Waals surface area contributed by atoms with Crippen molar-refractivity contribution in [3.05, 3.63) is 64.4 Å². The average Bonchev–Trinajstić information content (AvgIpc) is 2.58. The Kier molecular flexibility index (Phi) is 6.46. The van der Waals surface area contributed by atoms with Crippen molar-refractivity contribution in [1.29, 1.82) is 0 Å². The molecule has 5 nitrogen and oxygen atoms in total. The number of amides is 1. The minimum absolute atomic E-state index is 0.0368. The van der Waals surface area contributed by atoms with Crippen LogP contribution in [0.5, 0.6) is 0 Å². The summed E-state index contributed by atoms with van der Waals surface area (Å²) in [6, 6.07) is 9.98. The predicted molar refractivity (Wildman–Crippen MR) is 95.9 cm³/mol. The van der Waals surface area contributed by atoms with Gasteiger partial charge in [-0.05, 0) is 30.3 Å². The zero-order valence-corrected chi connectivity index (χ0v) is 15.0. The molecule has 136 valence electrons. The number of halogens is 2. The molecule has 0 aliphatic rings. The Bertz CT molecular complexity index is 853. The monoisotopic (exact) mass is 377 g/mol. The molecule has 0 radical (unpaired) electrons. The molecule has 0 atom stereocenters. The van der Waals surface area contributed by atoms with Crippen LogP contribution in [0.2, 0.25) is 5.02 Å². The van der Waals surface area contributed by atoms with Gasteiger partial charge in [-0.15, -0.1) is 0 Å².